The molecule has 1 fully saturated rings. The van der Waals surface area contributed by atoms with Gasteiger partial charge in [-0.25, -0.2) is 0 Å². The molecule has 126 valence electrons. The van der Waals surface area contributed by atoms with Gasteiger partial charge < -0.3 is 10.1 Å². The third-order valence-electron chi connectivity index (χ3n) is 4.44. The van der Waals surface area contributed by atoms with Crippen LogP contribution in [0, 0.1) is 0 Å². The number of hydrogen-bond donors (Lipinski definition) is 1. The summed E-state index contributed by atoms with van der Waals surface area (Å²) in [5.41, 5.74) is 1.64. The maximum absolute atomic E-state index is 12.3. The van der Waals surface area contributed by atoms with Crippen molar-refractivity contribution in [1.82, 2.24) is 15.2 Å². The summed E-state index contributed by atoms with van der Waals surface area (Å²) in [7, 11) is 1.67. The Morgan fingerprint density at radius 1 is 1.21 bits per heavy atom. The highest BCUT2D eigenvalue weighted by Crippen LogP contribution is 2.26. The quantitative estimate of drug-likeness (QED) is 0.887. The van der Waals surface area contributed by atoms with E-state index in [1.807, 2.05) is 18.2 Å². The van der Waals surface area contributed by atoms with E-state index in [0.29, 0.717) is 12.2 Å². The van der Waals surface area contributed by atoms with Crippen molar-refractivity contribution in [1.29, 1.82) is 0 Å². The van der Waals surface area contributed by atoms with E-state index in [4.69, 9.17) is 4.74 Å². The van der Waals surface area contributed by atoms with Crippen LogP contribution in [0.3, 0.4) is 0 Å². The zero-order valence-corrected chi connectivity index (χ0v) is 13.9. The Morgan fingerprint density at radius 2 is 1.96 bits per heavy atom. The van der Waals surface area contributed by atoms with Crippen molar-refractivity contribution in [3.05, 3.63) is 59.9 Å². The number of carbonyl (C=O) groups is 1. The molecule has 0 spiro atoms. The van der Waals surface area contributed by atoms with E-state index in [1.165, 1.54) is 18.4 Å². The molecule has 3 rings (SSSR count). The first-order chi connectivity index (χ1) is 11.8. The molecule has 1 atom stereocenters. The molecule has 1 aliphatic rings. The Morgan fingerprint density at radius 3 is 2.58 bits per heavy atom. The summed E-state index contributed by atoms with van der Waals surface area (Å²) in [5.74, 6) is 0.713. The van der Waals surface area contributed by atoms with Gasteiger partial charge in [0.1, 0.15) is 11.4 Å². The number of amides is 1. The average Bonchev–Trinajstić information content (AvgIpc) is 3.17. The Balaban J connectivity index is 1.71. The molecule has 5 nitrogen and oxygen atoms in total. The molecule has 0 aliphatic carbocycles. The van der Waals surface area contributed by atoms with Crippen LogP contribution in [0.2, 0.25) is 0 Å². The number of carbonyl (C=O) groups excluding carboxylic acids is 1. The molecule has 2 aromatic rings. The number of likely N-dealkylation sites (tertiary alicyclic amines) is 1. The summed E-state index contributed by atoms with van der Waals surface area (Å²) in [5, 5.41) is 3.03. The van der Waals surface area contributed by atoms with E-state index in [0.717, 1.165) is 18.8 Å². The molecule has 24 heavy (non-hydrogen) atoms. The summed E-state index contributed by atoms with van der Waals surface area (Å²) in [6, 6.07) is 13.6. The first-order valence-electron chi connectivity index (χ1n) is 8.35. The molecule has 5 heteroatoms. The second-order valence-corrected chi connectivity index (χ2v) is 5.96. The number of ether oxygens (including phenoxy) is 1. The molecule has 1 amide bonds. The fourth-order valence-electron chi connectivity index (χ4n) is 3.11. The van der Waals surface area contributed by atoms with Crippen molar-refractivity contribution in [2.24, 2.45) is 0 Å². The molecule has 0 saturated carbocycles. The minimum atomic E-state index is -0.131. The summed E-state index contributed by atoms with van der Waals surface area (Å²) >= 11 is 0. The van der Waals surface area contributed by atoms with Crippen LogP contribution in [0.15, 0.2) is 48.7 Å². The van der Waals surface area contributed by atoms with Crippen LogP contribution in [0.4, 0.5) is 0 Å². The second kappa shape index (κ2) is 7.93. The largest absolute Gasteiger partial charge is 0.497 e. The van der Waals surface area contributed by atoms with Gasteiger partial charge >= 0.3 is 0 Å². The number of aromatic nitrogens is 1. The van der Waals surface area contributed by atoms with Gasteiger partial charge in [0.2, 0.25) is 0 Å². The van der Waals surface area contributed by atoms with Crippen LogP contribution in [0.25, 0.3) is 0 Å². The Bertz CT molecular complexity index is 652. The lowest BCUT2D eigenvalue weighted by molar-refractivity contribution is 0.0933. The van der Waals surface area contributed by atoms with Gasteiger partial charge in [-0.05, 0) is 55.8 Å². The summed E-state index contributed by atoms with van der Waals surface area (Å²) in [6.45, 7) is 2.70. The molecule has 1 saturated heterocycles. The van der Waals surface area contributed by atoms with Crippen molar-refractivity contribution < 1.29 is 9.53 Å². The van der Waals surface area contributed by atoms with Crippen molar-refractivity contribution in [2.75, 3.05) is 26.7 Å². The topological polar surface area (TPSA) is 54.5 Å². The molecule has 1 aliphatic heterocycles. The highest BCUT2D eigenvalue weighted by molar-refractivity contribution is 5.92. The lowest BCUT2D eigenvalue weighted by Crippen LogP contribution is -2.37. The van der Waals surface area contributed by atoms with Crippen molar-refractivity contribution in [2.45, 2.75) is 18.9 Å². The highest BCUT2D eigenvalue weighted by atomic mass is 16.5. The van der Waals surface area contributed by atoms with Crippen LogP contribution < -0.4 is 10.1 Å². The van der Waals surface area contributed by atoms with Gasteiger partial charge in [0.25, 0.3) is 5.91 Å². The zero-order chi connectivity index (χ0) is 16.8. The maximum atomic E-state index is 12.3. The number of nitrogens with zero attached hydrogens (tertiary/aromatic N) is 2. The van der Waals surface area contributed by atoms with Crippen molar-refractivity contribution in [3.8, 4) is 5.75 Å². The normalized spacial score (nSPS) is 15.9. The lowest BCUT2D eigenvalue weighted by Gasteiger charge is -2.28. The first-order valence-corrected chi connectivity index (χ1v) is 8.35. The summed E-state index contributed by atoms with van der Waals surface area (Å²) in [4.78, 5) is 18.8. The van der Waals surface area contributed by atoms with E-state index in [-0.39, 0.29) is 11.9 Å². The molecular formula is C19H23N3O2. The van der Waals surface area contributed by atoms with Crippen molar-refractivity contribution in [3.63, 3.8) is 0 Å². The minimum absolute atomic E-state index is 0.131. The van der Waals surface area contributed by atoms with E-state index < -0.39 is 0 Å². The Kier molecular flexibility index (Phi) is 5.43. The number of benzene rings is 1. The summed E-state index contributed by atoms with van der Waals surface area (Å²) in [6.07, 6.45) is 4.05. The third-order valence-corrected chi connectivity index (χ3v) is 4.44. The van der Waals surface area contributed by atoms with E-state index in [1.54, 1.807) is 25.4 Å². The van der Waals surface area contributed by atoms with Gasteiger partial charge in [-0.2, -0.15) is 0 Å². The van der Waals surface area contributed by atoms with Crippen LogP contribution in [0.1, 0.15) is 34.9 Å². The number of nitrogens with one attached hydrogen (secondary N) is 1. The van der Waals surface area contributed by atoms with Gasteiger partial charge in [0, 0.05) is 12.7 Å². The fourth-order valence-corrected chi connectivity index (χ4v) is 3.11. The van der Waals surface area contributed by atoms with Gasteiger partial charge in [0.15, 0.2) is 0 Å². The van der Waals surface area contributed by atoms with E-state index >= 15 is 0 Å². The Hall–Kier alpha value is -2.40. The third kappa shape index (κ3) is 3.92. The van der Waals surface area contributed by atoms with E-state index in [9.17, 15) is 4.79 Å². The minimum Gasteiger partial charge on any atom is -0.497 e. The van der Waals surface area contributed by atoms with Crippen LogP contribution >= 0.6 is 0 Å². The second-order valence-electron chi connectivity index (χ2n) is 5.96. The molecule has 0 radical (unpaired) electrons. The molecule has 1 aromatic carbocycles. The van der Waals surface area contributed by atoms with Gasteiger partial charge in [-0.1, -0.05) is 18.2 Å². The number of pyridine rings is 1. The first kappa shape index (κ1) is 16.5. The molecule has 1 N–H and O–H groups in total. The molecular weight excluding hydrogens is 302 g/mol. The molecule has 0 bridgehead atoms. The monoisotopic (exact) mass is 325 g/mol. The zero-order valence-electron chi connectivity index (χ0n) is 13.9. The Labute approximate surface area is 142 Å². The van der Waals surface area contributed by atoms with E-state index in [2.05, 4.69) is 27.3 Å². The number of methoxy groups -OCH3 is 1. The van der Waals surface area contributed by atoms with Crippen molar-refractivity contribution >= 4 is 5.91 Å². The number of hydrogen-bond acceptors (Lipinski definition) is 4. The van der Waals surface area contributed by atoms with Gasteiger partial charge in [-0.15, -0.1) is 0 Å². The number of rotatable bonds is 6. The fraction of sp³-hybridized carbons (Fsp3) is 0.368. The van der Waals surface area contributed by atoms with Gasteiger partial charge in [0.05, 0.1) is 13.2 Å². The average molecular weight is 325 g/mol. The molecule has 2 heterocycles. The molecule has 0 unspecified atom stereocenters. The standard InChI is InChI=1S/C19H23N3O2/c1-24-16-9-7-15(8-10-16)18(22-12-4-5-13-22)14-21-19(23)17-6-2-3-11-20-17/h2-3,6-11,18H,4-5,12-14H2,1H3,(H,21,23)/t18-/m1/s1. The lowest BCUT2D eigenvalue weighted by atomic mass is 10.1. The predicted octanol–water partition coefficient (Wildman–Crippen LogP) is 2.66. The predicted molar refractivity (Wildman–Crippen MR) is 93.1 cm³/mol. The van der Waals surface area contributed by atoms with Crippen LogP contribution in [-0.2, 0) is 0 Å². The maximum Gasteiger partial charge on any atom is 0.269 e. The summed E-state index contributed by atoms with van der Waals surface area (Å²) < 4.78 is 5.24. The highest BCUT2D eigenvalue weighted by Gasteiger charge is 2.24. The van der Waals surface area contributed by atoms with Gasteiger partial charge in [-0.3, -0.25) is 14.7 Å². The smallest absolute Gasteiger partial charge is 0.269 e. The van der Waals surface area contributed by atoms with Crippen LogP contribution in [-0.4, -0.2) is 42.5 Å². The molecule has 1 aromatic heterocycles. The SMILES string of the molecule is COc1ccc([C@@H](CNC(=O)c2ccccn2)N2CCCC2)cc1. The van der Waals surface area contributed by atoms with Crippen LogP contribution in [0.5, 0.6) is 5.75 Å².